The van der Waals surface area contributed by atoms with E-state index in [0.29, 0.717) is 35.1 Å². The fourth-order valence-corrected chi connectivity index (χ4v) is 3.57. The molecule has 9 nitrogen and oxygen atoms in total. The van der Waals surface area contributed by atoms with Crippen LogP contribution in [0.15, 0.2) is 79.1 Å². The molecule has 9 heteroatoms. The second-order valence-electron chi connectivity index (χ2n) is 7.54. The summed E-state index contributed by atoms with van der Waals surface area (Å²) in [7, 11) is 5.27. The van der Waals surface area contributed by atoms with Crippen molar-refractivity contribution in [2.45, 2.75) is 13.8 Å². The fraction of sp³-hybridized carbons (Fsp3) is 0.179. The van der Waals surface area contributed by atoms with E-state index < -0.39 is 0 Å². The number of nitrogens with one attached hydrogen (secondary N) is 1. The zero-order valence-corrected chi connectivity index (χ0v) is 21.7. The van der Waals surface area contributed by atoms with Crippen LogP contribution in [0.4, 0.5) is 34.4 Å². The molecule has 4 rings (SSSR count). The van der Waals surface area contributed by atoms with Crippen LogP contribution >= 0.6 is 0 Å². The second-order valence-corrected chi connectivity index (χ2v) is 7.54. The Morgan fingerprint density at radius 2 is 1.51 bits per heavy atom. The topological polar surface area (TPSA) is 106 Å². The molecule has 3 aromatic carbocycles. The average Bonchev–Trinajstić information content (AvgIpc) is 2.95. The van der Waals surface area contributed by atoms with Crippen LogP contribution in [0.25, 0.3) is 0 Å². The van der Waals surface area contributed by atoms with Crippen molar-refractivity contribution in [1.29, 1.82) is 0 Å². The van der Waals surface area contributed by atoms with Crippen molar-refractivity contribution in [3.05, 3.63) is 79.1 Å². The summed E-state index contributed by atoms with van der Waals surface area (Å²) < 4.78 is 11.1. The quantitative estimate of drug-likeness (QED) is 0.270. The number of methoxy groups -OCH3 is 1. The van der Waals surface area contributed by atoms with Crippen molar-refractivity contribution in [2.24, 2.45) is 0 Å². The Balaban J connectivity index is 0.00000186. The Morgan fingerprint density at radius 1 is 0.892 bits per heavy atom. The van der Waals surface area contributed by atoms with Gasteiger partial charge in [-0.2, -0.15) is 0 Å². The smallest absolute Gasteiger partial charge is 0.219 e. The van der Waals surface area contributed by atoms with Crippen LogP contribution in [0.1, 0.15) is 13.8 Å². The lowest BCUT2D eigenvalue weighted by molar-refractivity contribution is -0.106. The molecule has 0 spiro atoms. The Kier molecular flexibility index (Phi) is 9.26. The standard InChI is InChI=1S/C26H26N6O3.C2H6/c1-28-18-5-4-6-20(15-18)32(17-33)26-24(25(27)29-16-30-26)31(2)19-7-9-22(10-8-19)35-23-13-11-21(34-3)12-14-23;1-2/h4-17,28H,1-3H3,(H2,27,29,30);1-2H3. The molecule has 1 heterocycles. The van der Waals surface area contributed by atoms with E-state index in [4.69, 9.17) is 15.2 Å². The molecule has 0 aliphatic carbocycles. The third kappa shape index (κ3) is 6.26. The van der Waals surface area contributed by atoms with Crippen molar-refractivity contribution < 1.29 is 14.3 Å². The van der Waals surface area contributed by atoms with Crippen LogP contribution in [0.5, 0.6) is 17.2 Å². The summed E-state index contributed by atoms with van der Waals surface area (Å²) in [5.41, 5.74) is 9.07. The molecule has 192 valence electrons. The van der Waals surface area contributed by atoms with Crippen LogP contribution in [0.2, 0.25) is 0 Å². The molecule has 0 aliphatic heterocycles. The summed E-state index contributed by atoms with van der Waals surface area (Å²) in [6, 6.07) is 22.3. The summed E-state index contributed by atoms with van der Waals surface area (Å²) >= 11 is 0. The zero-order valence-electron chi connectivity index (χ0n) is 21.7. The molecule has 0 fully saturated rings. The molecule has 0 saturated carbocycles. The largest absolute Gasteiger partial charge is 0.497 e. The molecule has 0 bridgehead atoms. The van der Waals surface area contributed by atoms with E-state index in [2.05, 4.69) is 15.3 Å². The van der Waals surface area contributed by atoms with Crippen molar-refractivity contribution >= 4 is 40.8 Å². The van der Waals surface area contributed by atoms with E-state index in [9.17, 15) is 4.79 Å². The Morgan fingerprint density at radius 3 is 2.11 bits per heavy atom. The number of aromatic nitrogens is 2. The predicted molar refractivity (Wildman–Crippen MR) is 150 cm³/mol. The molecule has 0 atom stereocenters. The van der Waals surface area contributed by atoms with Crippen molar-refractivity contribution in [1.82, 2.24) is 9.97 Å². The van der Waals surface area contributed by atoms with E-state index >= 15 is 0 Å². The van der Waals surface area contributed by atoms with Crippen LogP contribution in [-0.4, -0.2) is 37.6 Å². The summed E-state index contributed by atoms with van der Waals surface area (Å²) in [5, 5.41) is 3.07. The minimum atomic E-state index is 0.243. The highest BCUT2D eigenvalue weighted by Crippen LogP contribution is 2.38. The molecule has 1 aromatic heterocycles. The van der Waals surface area contributed by atoms with E-state index in [-0.39, 0.29) is 5.82 Å². The number of ether oxygens (including phenoxy) is 2. The summed E-state index contributed by atoms with van der Waals surface area (Å²) in [4.78, 5) is 24.0. The van der Waals surface area contributed by atoms with E-state index in [1.54, 1.807) is 7.11 Å². The van der Waals surface area contributed by atoms with Gasteiger partial charge in [0.2, 0.25) is 6.41 Å². The van der Waals surface area contributed by atoms with Crippen LogP contribution < -0.4 is 30.3 Å². The van der Waals surface area contributed by atoms with Gasteiger partial charge in [0, 0.05) is 25.5 Å². The van der Waals surface area contributed by atoms with E-state index in [1.807, 2.05) is 106 Å². The minimum Gasteiger partial charge on any atom is -0.497 e. The van der Waals surface area contributed by atoms with Gasteiger partial charge in [0.1, 0.15) is 29.3 Å². The van der Waals surface area contributed by atoms with Gasteiger partial charge in [0.15, 0.2) is 11.6 Å². The number of carbonyl (C=O) groups is 1. The maximum Gasteiger partial charge on any atom is 0.219 e. The zero-order chi connectivity index (χ0) is 26.8. The third-order valence-corrected chi connectivity index (χ3v) is 5.43. The normalized spacial score (nSPS) is 9.97. The number of nitrogens with two attached hydrogens (primary N) is 1. The van der Waals surface area contributed by atoms with Crippen LogP contribution in [0, 0.1) is 0 Å². The van der Waals surface area contributed by atoms with Gasteiger partial charge < -0.3 is 25.4 Å². The third-order valence-electron chi connectivity index (χ3n) is 5.43. The van der Waals surface area contributed by atoms with E-state index in [1.165, 1.54) is 11.2 Å². The highest BCUT2D eigenvalue weighted by atomic mass is 16.5. The first kappa shape index (κ1) is 26.8. The highest BCUT2D eigenvalue weighted by Gasteiger charge is 2.22. The summed E-state index contributed by atoms with van der Waals surface area (Å²) in [6.07, 6.45) is 2.05. The number of hydrogen-bond donors (Lipinski definition) is 2. The molecule has 0 saturated heterocycles. The lowest BCUT2D eigenvalue weighted by Gasteiger charge is -2.27. The summed E-state index contributed by atoms with van der Waals surface area (Å²) in [5.74, 6) is 2.73. The Hall–Kier alpha value is -4.79. The second kappa shape index (κ2) is 12.8. The number of benzene rings is 3. The van der Waals surface area contributed by atoms with Gasteiger partial charge >= 0.3 is 0 Å². The van der Waals surface area contributed by atoms with Crippen molar-refractivity contribution in [3.8, 4) is 17.2 Å². The van der Waals surface area contributed by atoms with Gasteiger partial charge in [0.05, 0.1) is 12.8 Å². The molecule has 0 aliphatic rings. The molecule has 37 heavy (non-hydrogen) atoms. The lowest BCUT2D eigenvalue weighted by atomic mass is 10.2. The number of rotatable bonds is 9. The molecular formula is C28H32N6O3. The Labute approximate surface area is 217 Å². The van der Waals surface area contributed by atoms with Gasteiger partial charge in [-0.25, -0.2) is 9.97 Å². The molecule has 3 N–H and O–H groups in total. The molecule has 0 radical (unpaired) electrons. The number of carbonyl (C=O) groups excluding carboxylic acids is 1. The Bertz CT molecular complexity index is 1300. The van der Waals surface area contributed by atoms with Gasteiger partial charge in [-0.1, -0.05) is 19.9 Å². The monoisotopic (exact) mass is 500 g/mol. The van der Waals surface area contributed by atoms with E-state index in [0.717, 1.165) is 17.1 Å². The van der Waals surface area contributed by atoms with Gasteiger partial charge in [-0.15, -0.1) is 0 Å². The first-order chi connectivity index (χ1) is 18.0. The first-order valence-electron chi connectivity index (χ1n) is 11.8. The van der Waals surface area contributed by atoms with Crippen molar-refractivity contribution in [3.63, 3.8) is 0 Å². The van der Waals surface area contributed by atoms with Crippen LogP contribution in [-0.2, 0) is 4.79 Å². The first-order valence-corrected chi connectivity index (χ1v) is 11.8. The highest BCUT2D eigenvalue weighted by molar-refractivity contribution is 5.94. The molecule has 4 aromatic rings. The fourth-order valence-electron chi connectivity index (χ4n) is 3.57. The van der Waals surface area contributed by atoms with Gasteiger partial charge in [-0.3, -0.25) is 9.69 Å². The van der Waals surface area contributed by atoms with Gasteiger partial charge in [0.25, 0.3) is 0 Å². The summed E-state index contributed by atoms with van der Waals surface area (Å²) in [6.45, 7) is 4.00. The van der Waals surface area contributed by atoms with Crippen LogP contribution in [0.3, 0.4) is 0 Å². The predicted octanol–water partition coefficient (Wildman–Crippen LogP) is 5.99. The van der Waals surface area contributed by atoms with Crippen molar-refractivity contribution in [2.75, 3.05) is 42.1 Å². The maximum absolute atomic E-state index is 12.1. The number of hydrogen-bond acceptors (Lipinski definition) is 8. The minimum absolute atomic E-state index is 0.243. The SMILES string of the molecule is CC.CNc1cccc(N(C=O)c2ncnc(N)c2N(C)c2ccc(Oc3ccc(OC)cc3)cc2)c1. The number of nitrogen functional groups attached to an aromatic ring is 1. The lowest BCUT2D eigenvalue weighted by Crippen LogP contribution is -2.22. The average molecular weight is 501 g/mol. The molecular weight excluding hydrogens is 468 g/mol. The molecule has 1 amide bonds. The van der Waals surface area contributed by atoms with Gasteiger partial charge in [-0.05, 0) is 66.7 Å². The number of anilines is 6. The number of nitrogens with zero attached hydrogens (tertiary/aromatic N) is 4. The maximum atomic E-state index is 12.1. The molecule has 0 unspecified atom stereocenters. The number of amides is 1.